The largest absolute Gasteiger partial charge is 0.384 e. The van der Waals surface area contributed by atoms with Gasteiger partial charge in [0.15, 0.2) is 0 Å². The van der Waals surface area contributed by atoms with Gasteiger partial charge in [-0.15, -0.1) is 0 Å². The number of carbonyl (C=O) groups is 1. The minimum absolute atomic E-state index is 0.0966. The van der Waals surface area contributed by atoms with E-state index in [1.165, 1.54) is 0 Å². The van der Waals surface area contributed by atoms with Crippen molar-refractivity contribution in [2.45, 2.75) is 12.8 Å². The quantitative estimate of drug-likeness (QED) is 0.772. The molecule has 4 heteroatoms. The number of carbonyl (C=O) groups excluding carboxylic acids is 1. The fourth-order valence-electron chi connectivity index (χ4n) is 1.87. The van der Waals surface area contributed by atoms with Gasteiger partial charge in [-0.2, -0.15) is 0 Å². The molecule has 1 fully saturated rings. The highest BCUT2D eigenvalue weighted by molar-refractivity contribution is 6.31. The van der Waals surface area contributed by atoms with Gasteiger partial charge in [-0.05, 0) is 24.6 Å². The Morgan fingerprint density at radius 2 is 2.29 bits per heavy atom. The number of halogens is 1. The number of benzene rings is 1. The summed E-state index contributed by atoms with van der Waals surface area (Å²) < 4.78 is 0. The lowest BCUT2D eigenvalue weighted by Gasteiger charge is -2.17. The second-order valence-electron chi connectivity index (χ2n) is 3.77. The molecule has 3 nitrogen and oxygen atoms in total. The average Bonchev–Trinajstić information content (AvgIpc) is 2.74. The van der Waals surface area contributed by atoms with Crippen molar-refractivity contribution in [3.63, 3.8) is 0 Å². The Bertz CT molecular complexity index is 502. The lowest BCUT2D eigenvalue weighted by atomic mass is 10.1. The summed E-state index contributed by atoms with van der Waals surface area (Å²) >= 11 is 5.94. The van der Waals surface area contributed by atoms with E-state index in [0.29, 0.717) is 18.0 Å². The van der Waals surface area contributed by atoms with E-state index >= 15 is 0 Å². The first kappa shape index (κ1) is 12.0. The zero-order valence-electron chi connectivity index (χ0n) is 9.24. The third-order valence-electron chi connectivity index (χ3n) is 2.63. The van der Waals surface area contributed by atoms with Gasteiger partial charge < -0.3 is 10.0 Å². The van der Waals surface area contributed by atoms with E-state index in [1.807, 2.05) is 0 Å². The minimum atomic E-state index is -0.198. The molecular weight excluding hydrogens is 238 g/mol. The Morgan fingerprint density at radius 3 is 2.94 bits per heavy atom. The van der Waals surface area contributed by atoms with Crippen molar-refractivity contribution in [1.82, 2.24) is 0 Å². The van der Waals surface area contributed by atoms with Crippen LogP contribution in [-0.4, -0.2) is 24.2 Å². The third-order valence-corrected chi connectivity index (χ3v) is 2.86. The number of anilines is 1. The van der Waals surface area contributed by atoms with E-state index in [4.69, 9.17) is 16.7 Å². The van der Waals surface area contributed by atoms with Crippen LogP contribution in [0.15, 0.2) is 18.2 Å². The average molecular weight is 250 g/mol. The predicted molar refractivity (Wildman–Crippen MR) is 67.0 cm³/mol. The molecule has 0 unspecified atom stereocenters. The molecule has 88 valence electrons. The van der Waals surface area contributed by atoms with Gasteiger partial charge >= 0.3 is 0 Å². The van der Waals surface area contributed by atoms with E-state index in [9.17, 15) is 4.79 Å². The summed E-state index contributed by atoms with van der Waals surface area (Å²) in [7, 11) is 0. The summed E-state index contributed by atoms with van der Waals surface area (Å²) in [5.74, 6) is 5.52. The molecule has 1 amide bonds. The van der Waals surface area contributed by atoms with Crippen LogP contribution in [0.25, 0.3) is 0 Å². The molecule has 0 bridgehead atoms. The number of nitrogens with zero attached hydrogens (tertiary/aromatic N) is 1. The van der Waals surface area contributed by atoms with E-state index in [-0.39, 0.29) is 12.5 Å². The molecule has 1 heterocycles. The number of hydrogen-bond acceptors (Lipinski definition) is 2. The Labute approximate surface area is 105 Å². The van der Waals surface area contributed by atoms with E-state index in [1.54, 1.807) is 23.1 Å². The molecule has 0 atom stereocenters. The summed E-state index contributed by atoms with van der Waals surface area (Å²) in [5, 5.41) is 9.29. The zero-order chi connectivity index (χ0) is 12.3. The van der Waals surface area contributed by atoms with Crippen LogP contribution in [0, 0.1) is 11.8 Å². The van der Waals surface area contributed by atoms with Gasteiger partial charge in [0.25, 0.3) is 0 Å². The van der Waals surface area contributed by atoms with Crippen molar-refractivity contribution in [2.24, 2.45) is 0 Å². The number of aliphatic hydroxyl groups is 1. The Morgan fingerprint density at radius 1 is 1.47 bits per heavy atom. The molecule has 1 aliphatic heterocycles. The summed E-state index contributed by atoms with van der Waals surface area (Å²) in [6.45, 7) is 0.503. The van der Waals surface area contributed by atoms with Gasteiger partial charge in [-0.3, -0.25) is 4.79 Å². The van der Waals surface area contributed by atoms with Crippen LogP contribution in [0.4, 0.5) is 5.69 Å². The highest BCUT2D eigenvalue weighted by atomic mass is 35.5. The Hall–Kier alpha value is -1.50. The van der Waals surface area contributed by atoms with Crippen LogP contribution in [0.5, 0.6) is 0 Å². The van der Waals surface area contributed by atoms with Crippen molar-refractivity contribution in [1.29, 1.82) is 0 Å². The molecule has 0 spiro atoms. The number of rotatable bonds is 1. The molecular formula is C13H12ClNO2. The molecule has 1 saturated heterocycles. The summed E-state index contributed by atoms with van der Waals surface area (Å²) in [6.07, 6.45) is 1.43. The lowest BCUT2D eigenvalue weighted by molar-refractivity contribution is -0.117. The van der Waals surface area contributed by atoms with E-state index in [2.05, 4.69) is 11.8 Å². The van der Waals surface area contributed by atoms with Gasteiger partial charge in [0, 0.05) is 23.6 Å². The maximum atomic E-state index is 11.7. The highest BCUT2D eigenvalue weighted by Gasteiger charge is 2.23. The smallest absolute Gasteiger partial charge is 0.227 e. The molecule has 0 aromatic heterocycles. The normalized spacial score (nSPS) is 14.7. The molecule has 1 aromatic carbocycles. The van der Waals surface area contributed by atoms with Crippen molar-refractivity contribution >= 4 is 23.2 Å². The molecule has 17 heavy (non-hydrogen) atoms. The first-order valence-electron chi connectivity index (χ1n) is 5.42. The molecule has 2 rings (SSSR count). The van der Waals surface area contributed by atoms with Crippen LogP contribution >= 0.6 is 11.6 Å². The van der Waals surface area contributed by atoms with Crippen LogP contribution in [0.3, 0.4) is 0 Å². The molecule has 1 N–H and O–H groups in total. The third kappa shape index (κ3) is 2.60. The fourth-order valence-corrected chi connectivity index (χ4v) is 2.04. The fraction of sp³-hybridized carbons (Fsp3) is 0.308. The molecule has 1 aliphatic rings. The van der Waals surface area contributed by atoms with Crippen LogP contribution in [0.1, 0.15) is 18.4 Å². The molecule has 0 aliphatic carbocycles. The zero-order valence-corrected chi connectivity index (χ0v) is 10.00. The van der Waals surface area contributed by atoms with E-state index < -0.39 is 0 Å². The minimum Gasteiger partial charge on any atom is -0.384 e. The van der Waals surface area contributed by atoms with Gasteiger partial charge in [0.1, 0.15) is 6.61 Å². The second kappa shape index (κ2) is 5.22. The molecule has 0 radical (unpaired) electrons. The standard InChI is InChI=1S/C13H12ClNO2/c14-11-6-5-10(3-2-8-16)12(9-11)15-7-1-4-13(15)17/h5-6,9,16H,1,4,7-8H2. The highest BCUT2D eigenvalue weighted by Crippen LogP contribution is 2.28. The first-order chi connectivity index (χ1) is 8.22. The monoisotopic (exact) mass is 249 g/mol. The maximum Gasteiger partial charge on any atom is 0.227 e. The first-order valence-corrected chi connectivity index (χ1v) is 5.80. The van der Waals surface area contributed by atoms with Crippen LogP contribution in [0.2, 0.25) is 5.02 Å². The van der Waals surface area contributed by atoms with Crippen molar-refractivity contribution in [3.8, 4) is 11.8 Å². The predicted octanol–water partition coefficient (Wildman–Crippen LogP) is 1.81. The molecule has 0 saturated carbocycles. The van der Waals surface area contributed by atoms with Crippen molar-refractivity contribution in [3.05, 3.63) is 28.8 Å². The van der Waals surface area contributed by atoms with E-state index in [0.717, 1.165) is 17.7 Å². The second-order valence-corrected chi connectivity index (χ2v) is 4.21. The Kier molecular flexibility index (Phi) is 3.68. The topological polar surface area (TPSA) is 40.5 Å². The van der Waals surface area contributed by atoms with Gasteiger partial charge in [-0.1, -0.05) is 23.4 Å². The summed E-state index contributed by atoms with van der Waals surface area (Å²) in [4.78, 5) is 13.4. The lowest BCUT2D eigenvalue weighted by Crippen LogP contribution is -2.24. The van der Waals surface area contributed by atoms with Gasteiger partial charge in [-0.25, -0.2) is 0 Å². The Balaban J connectivity index is 2.42. The van der Waals surface area contributed by atoms with Crippen LogP contribution < -0.4 is 4.90 Å². The van der Waals surface area contributed by atoms with Crippen molar-refractivity contribution in [2.75, 3.05) is 18.1 Å². The number of amides is 1. The van der Waals surface area contributed by atoms with Gasteiger partial charge in [0.05, 0.1) is 5.69 Å². The maximum absolute atomic E-state index is 11.7. The number of aliphatic hydroxyl groups excluding tert-OH is 1. The van der Waals surface area contributed by atoms with Gasteiger partial charge in [0.2, 0.25) is 5.91 Å². The van der Waals surface area contributed by atoms with Crippen LogP contribution in [-0.2, 0) is 4.79 Å². The SMILES string of the molecule is O=C1CCCN1c1cc(Cl)ccc1C#CCO. The summed E-state index contributed by atoms with van der Waals surface area (Å²) in [5.41, 5.74) is 1.46. The summed E-state index contributed by atoms with van der Waals surface area (Å²) in [6, 6.07) is 5.24. The molecule has 1 aromatic rings. The number of hydrogen-bond donors (Lipinski definition) is 1. The van der Waals surface area contributed by atoms with Crippen molar-refractivity contribution < 1.29 is 9.90 Å².